The third-order valence-electron chi connectivity index (χ3n) is 7.06. The highest BCUT2D eigenvalue weighted by Gasteiger charge is 2.26. The lowest BCUT2D eigenvalue weighted by atomic mass is 10.1. The first kappa shape index (κ1) is 29.0. The first-order valence-corrected chi connectivity index (χ1v) is 14.7. The van der Waals surface area contributed by atoms with Crippen LogP contribution in [0.1, 0.15) is 27.3 Å². The van der Waals surface area contributed by atoms with Crippen LogP contribution >= 0.6 is 27.3 Å². The van der Waals surface area contributed by atoms with E-state index >= 15 is 8.78 Å². The Morgan fingerprint density at radius 2 is 2.02 bits per heavy atom. The number of thiazole rings is 1. The number of rotatable bonds is 10. The molecule has 1 N–H and O–H groups in total. The Bertz CT molecular complexity index is 1920. The zero-order valence-electron chi connectivity index (χ0n) is 22.6. The lowest BCUT2D eigenvalue weighted by Crippen LogP contribution is -2.35. The van der Waals surface area contributed by atoms with Gasteiger partial charge in [0.15, 0.2) is 0 Å². The van der Waals surface area contributed by atoms with Gasteiger partial charge in [0.2, 0.25) is 5.88 Å². The van der Waals surface area contributed by atoms with Crippen LogP contribution in [-0.2, 0) is 24.4 Å². The molecule has 4 heterocycles. The van der Waals surface area contributed by atoms with Gasteiger partial charge in [-0.25, -0.2) is 28.2 Å². The highest BCUT2D eigenvalue weighted by atomic mass is 79.9. The van der Waals surface area contributed by atoms with Gasteiger partial charge >= 0.3 is 5.97 Å². The zero-order chi connectivity index (χ0) is 30.2. The fraction of sp³-hybridized carbons (Fsp3) is 0.241. The number of aromatic nitrogens is 4. The van der Waals surface area contributed by atoms with Crippen molar-refractivity contribution in [3.05, 3.63) is 90.6 Å². The first-order valence-electron chi connectivity index (χ1n) is 13.1. The lowest BCUT2D eigenvalue weighted by molar-refractivity contribution is -0.0618. The third-order valence-corrected chi connectivity index (χ3v) is 8.51. The van der Waals surface area contributed by atoms with Crippen LogP contribution in [0.25, 0.3) is 22.2 Å². The zero-order valence-corrected chi connectivity index (χ0v) is 25.0. The molecule has 0 saturated carbocycles. The van der Waals surface area contributed by atoms with Crippen molar-refractivity contribution in [2.45, 2.75) is 32.2 Å². The molecule has 6 rings (SSSR count). The number of halogens is 3. The molecule has 0 bridgehead atoms. The van der Waals surface area contributed by atoms with Gasteiger partial charge in [-0.15, -0.1) is 11.3 Å². The molecule has 14 heteroatoms. The number of hydrogen-bond donors (Lipinski definition) is 1. The molecular formula is C29H23BrF2N4O6S. The summed E-state index contributed by atoms with van der Waals surface area (Å²) in [5.74, 6) is -2.40. The number of pyridine rings is 1. The van der Waals surface area contributed by atoms with E-state index in [1.54, 1.807) is 23.0 Å². The van der Waals surface area contributed by atoms with Crippen molar-refractivity contribution in [1.29, 1.82) is 0 Å². The van der Waals surface area contributed by atoms with Crippen molar-refractivity contribution in [3.63, 3.8) is 0 Å². The summed E-state index contributed by atoms with van der Waals surface area (Å²) < 4.78 is 51.3. The second-order valence-electron chi connectivity index (χ2n) is 9.74. The van der Waals surface area contributed by atoms with Crippen molar-refractivity contribution in [2.24, 2.45) is 0 Å². The minimum atomic E-state index is -1.20. The van der Waals surface area contributed by atoms with Gasteiger partial charge in [-0.1, -0.05) is 6.07 Å². The van der Waals surface area contributed by atoms with Crippen LogP contribution in [0.4, 0.5) is 8.78 Å². The number of carbonyl (C=O) groups is 1. The Hall–Kier alpha value is -4.14. The average molecular weight is 673 g/mol. The van der Waals surface area contributed by atoms with E-state index in [1.807, 2.05) is 0 Å². The molecule has 0 unspecified atom stereocenters. The second kappa shape index (κ2) is 11.9. The van der Waals surface area contributed by atoms with Crippen molar-refractivity contribution in [1.82, 2.24) is 19.3 Å². The molecule has 1 atom stereocenters. The van der Waals surface area contributed by atoms with Gasteiger partial charge in [-0.05, 0) is 52.7 Å². The van der Waals surface area contributed by atoms with E-state index in [9.17, 15) is 14.7 Å². The standard InChI is InChI=1S/C29H23BrF2N4O6S/c1-40-23-9-15(29(38)39)8-22-27(23)28(37)36(35(22)13-17-5-6-41-17)12-16-7-20(32)18(10-19(16)31)21-3-2-4-25(34-21)42-14-26-33-11-24(30)43-26/h2-4,7-11,17H,5-6,12-14H2,1H3,(H,38,39)/t17-/m0/s1. The quantitative estimate of drug-likeness (QED) is 0.207. The maximum atomic E-state index is 15.6. The van der Waals surface area contributed by atoms with Crippen LogP contribution in [0.3, 0.4) is 0 Å². The number of carboxylic acid groups (broad SMARTS) is 1. The molecule has 0 aliphatic carbocycles. The SMILES string of the molecule is COc1cc(C(=O)O)cc2c1c(=O)n(Cc1cc(F)c(-c3cccc(OCc4ncc(Br)s4)n3)cc1F)n2C[C@@H]1CCO1. The summed E-state index contributed by atoms with van der Waals surface area (Å²) >= 11 is 4.75. The molecule has 1 aliphatic rings. The molecule has 2 aromatic carbocycles. The lowest BCUT2D eigenvalue weighted by Gasteiger charge is -2.28. The molecule has 0 spiro atoms. The van der Waals surface area contributed by atoms with E-state index < -0.39 is 23.2 Å². The Morgan fingerprint density at radius 3 is 2.70 bits per heavy atom. The maximum Gasteiger partial charge on any atom is 0.335 e. The molecule has 0 amide bonds. The average Bonchev–Trinajstić information content (AvgIpc) is 3.50. The number of ether oxygens (including phenoxy) is 3. The summed E-state index contributed by atoms with van der Waals surface area (Å²) in [6, 6.07) is 9.46. The van der Waals surface area contributed by atoms with Gasteiger partial charge < -0.3 is 19.3 Å². The van der Waals surface area contributed by atoms with E-state index in [4.69, 9.17) is 14.2 Å². The normalized spacial score (nSPS) is 14.6. The van der Waals surface area contributed by atoms with Crippen LogP contribution in [0.15, 0.2) is 57.2 Å². The second-order valence-corrected chi connectivity index (χ2v) is 12.2. The number of nitrogens with zero attached hydrogens (tertiary/aromatic N) is 4. The summed E-state index contributed by atoms with van der Waals surface area (Å²) in [6.07, 6.45) is 2.17. The molecule has 10 nitrogen and oxygen atoms in total. The molecule has 1 saturated heterocycles. The van der Waals surface area contributed by atoms with E-state index in [1.165, 1.54) is 41.3 Å². The van der Waals surface area contributed by atoms with Gasteiger partial charge in [0.1, 0.15) is 34.4 Å². The molecule has 5 aromatic rings. The van der Waals surface area contributed by atoms with E-state index in [0.29, 0.717) is 17.1 Å². The fourth-order valence-corrected chi connectivity index (χ4v) is 6.07. The van der Waals surface area contributed by atoms with Crippen LogP contribution in [-0.4, -0.2) is 50.2 Å². The molecular weight excluding hydrogens is 650 g/mol. The Labute approximate surface area is 255 Å². The number of aromatic carboxylic acids is 1. The number of methoxy groups -OCH3 is 1. The summed E-state index contributed by atoms with van der Waals surface area (Å²) in [4.78, 5) is 33.9. The third kappa shape index (κ3) is 5.77. The van der Waals surface area contributed by atoms with Gasteiger partial charge in [0, 0.05) is 23.8 Å². The van der Waals surface area contributed by atoms with Crippen molar-refractivity contribution < 1.29 is 32.9 Å². The van der Waals surface area contributed by atoms with Crippen molar-refractivity contribution in [2.75, 3.05) is 13.7 Å². The molecule has 0 radical (unpaired) electrons. The van der Waals surface area contributed by atoms with Crippen molar-refractivity contribution >= 4 is 44.1 Å². The molecule has 1 fully saturated rings. The predicted molar refractivity (Wildman–Crippen MR) is 157 cm³/mol. The van der Waals surface area contributed by atoms with Crippen molar-refractivity contribution in [3.8, 4) is 22.9 Å². The molecule has 3 aromatic heterocycles. The minimum absolute atomic E-state index is 0.0691. The monoisotopic (exact) mass is 672 g/mol. The van der Waals surface area contributed by atoms with E-state index in [2.05, 4.69) is 25.9 Å². The largest absolute Gasteiger partial charge is 0.496 e. The van der Waals surface area contributed by atoms with Gasteiger partial charge in [0.05, 0.1) is 53.1 Å². The van der Waals surface area contributed by atoms with Gasteiger partial charge in [-0.3, -0.25) is 9.48 Å². The summed E-state index contributed by atoms with van der Waals surface area (Å²) in [7, 11) is 1.33. The van der Waals surface area contributed by atoms with Crippen LogP contribution in [0.5, 0.6) is 11.6 Å². The number of fused-ring (bicyclic) bond motifs is 1. The smallest absolute Gasteiger partial charge is 0.335 e. The van der Waals surface area contributed by atoms with Gasteiger partial charge in [0.25, 0.3) is 5.56 Å². The summed E-state index contributed by atoms with van der Waals surface area (Å²) in [6.45, 7) is 0.606. The minimum Gasteiger partial charge on any atom is -0.496 e. The number of hydrogen-bond acceptors (Lipinski definition) is 8. The molecule has 222 valence electrons. The van der Waals surface area contributed by atoms with Crippen LogP contribution in [0.2, 0.25) is 0 Å². The summed E-state index contributed by atoms with van der Waals surface area (Å²) in [5, 5.41) is 10.5. The maximum absolute atomic E-state index is 15.6. The Kier molecular flexibility index (Phi) is 7.99. The fourth-order valence-electron chi connectivity index (χ4n) is 4.85. The highest BCUT2D eigenvalue weighted by Crippen LogP contribution is 2.30. The number of benzene rings is 2. The van der Waals surface area contributed by atoms with E-state index in [0.717, 1.165) is 22.3 Å². The Morgan fingerprint density at radius 1 is 1.21 bits per heavy atom. The summed E-state index contributed by atoms with van der Waals surface area (Å²) in [5.41, 5.74) is -0.315. The number of carboxylic acids is 1. The molecule has 43 heavy (non-hydrogen) atoms. The van der Waals surface area contributed by atoms with Gasteiger partial charge in [-0.2, -0.15) is 0 Å². The van der Waals surface area contributed by atoms with Crippen LogP contribution < -0.4 is 15.0 Å². The topological polar surface area (TPSA) is 118 Å². The highest BCUT2D eigenvalue weighted by molar-refractivity contribution is 9.11. The predicted octanol–water partition coefficient (Wildman–Crippen LogP) is 5.49. The van der Waals surface area contributed by atoms with E-state index in [-0.39, 0.29) is 65.2 Å². The van der Waals surface area contributed by atoms with Crippen LogP contribution in [0, 0.1) is 11.6 Å². The Balaban J connectivity index is 1.35. The first-order chi connectivity index (χ1) is 20.7. The molecule has 1 aliphatic heterocycles.